The quantitative estimate of drug-likeness (QED) is 0.317. The van der Waals surface area contributed by atoms with Gasteiger partial charge in [-0.25, -0.2) is 28.5 Å². The molecule has 0 saturated carbocycles. The first-order chi connectivity index (χ1) is 17.0. The fourth-order valence-corrected chi connectivity index (χ4v) is 3.71. The van der Waals surface area contributed by atoms with Crippen molar-refractivity contribution in [1.29, 1.82) is 0 Å². The Morgan fingerprint density at radius 3 is 2.60 bits per heavy atom. The Balaban J connectivity index is 1.44. The van der Waals surface area contributed by atoms with E-state index < -0.39 is 17.4 Å². The fraction of sp³-hybridized carbons (Fsp3) is 0. The van der Waals surface area contributed by atoms with Gasteiger partial charge in [-0.3, -0.25) is 9.51 Å². The van der Waals surface area contributed by atoms with Gasteiger partial charge in [0.25, 0.3) is 0 Å². The van der Waals surface area contributed by atoms with Crippen LogP contribution >= 0.6 is 11.8 Å². The lowest BCUT2D eigenvalue weighted by molar-refractivity contribution is 0.388. The predicted molar refractivity (Wildman–Crippen MR) is 123 cm³/mol. The summed E-state index contributed by atoms with van der Waals surface area (Å²) in [7, 11) is 0. The van der Waals surface area contributed by atoms with Gasteiger partial charge in [-0.15, -0.1) is 0 Å². The van der Waals surface area contributed by atoms with Crippen LogP contribution in [-0.2, 0) is 0 Å². The first-order valence-corrected chi connectivity index (χ1v) is 10.9. The number of aromatic amines is 1. The minimum absolute atomic E-state index is 0.0898. The molecule has 4 heterocycles. The Kier molecular flexibility index (Phi) is 6.18. The average Bonchev–Trinajstić information content (AvgIpc) is 3.30. The molecule has 0 saturated heterocycles. The molecular formula is C23H14F2N6O3S. The van der Waals surface area contributed by atoms with Crippen LogP contribution in [0.4, 0.5) is 20.4 Å². The molecule has 9 nitrogen and oxygen atoms in total. The monoisotopic (exact) mass is 492 g/mol. The van der Waals surface area contributed by atoms with Gasteiger partial charge in [0.2, 0.25) is 0 Å². The van der Waals surface area contributed by atoms with Crippen molar-refractivity contribution in [3.05, 3.63) is 95.4 Å². The molecule has 0 radical (unpaired) electrons. The van der Waals surface area contributed by atoms with Crippen LogP contribution in [0, 0.1) is 11.6 Å². The summed E-state index contributed by atoms with van der Waals surface area (Å²) in [6.45, 7) is 0. The molecule has 12 heteroatoms. The van der Waals surface area contributed by atoms with Crippen molar-refractivity contribution in [1.82, 2.24) is 25.1 Å². The zero-order valence-corrected chi connectivity index (χ0v) is 18.4. The third-order valence-electron chi connectivity index (χ3n) is 4.53. The molecule has 174 valence electrons. The number of anilines is 2. The van der Waals surface area contributed by atoms with Gasteiger partial charge in [0.1, 0.15) is 16.6 Å². The van der Waals surface area contributed by atoms with Crippen molar-refractivity contribution in [2.75, 3.05) is 5.32 Å². The SMILES string of the molecule is O=c1[nH]c(-c2ccc(Nc3ncc(Sc4ccccn4)cc3Oc3ccc(F)c(F)c3)nc2)no1. The molecule has 0 aliphatic carbocycles. The Bertz CT molecular complexity index is 1530. The van der Waals surface area contributed by atoms with Gasteiger partial charge in [-0.2, -0.15) is 0 Å². The summed E-state index contributed by atoms with van der Waals surface area (Å²) in [5.41, 5.74) is 0.537. The van der Waals surface area contributed by atoms with Crippen LogP contribution in [0.3, 0.4) is 0 Å². The number of aromatic nitrogens is 5. The number of H-pyrrole nitrogens is 1. The summed E-state index contributed by atoms with van der Waals surface area (Å²) in [4.78, 5) is 27.3. The van der Waals surface area contributed by atoms with Crippen LogP contribution in [-0.4, -0.2) is 25.1 Å². The van der Waals surface area contributed by atoms with Crippen LogP contribution in [0.5, 0.6) is 11.5 Å². The summed E-state index contributed by atoms with van der Waals surface area (Å²) in [5, 5.41) is 7.40. The second-order valence-electron chi connectivity index (χ2n) is 6.97. The van der Waals surface area contributed by atoms with Crippen LogP contribution < -0.4 is 15.8 Å². The topological polar surface area (TPSA) is 119 Å². The molecule has 2 N–H and O–H groups in total. The van der Waals surface area contributed by atoms with E-state index in [0.717, 1.165) is 17.2 Å². The molecule has 1 aromatic carbocycles. The lowest BCUT2D eigenvalue weighted by Gasteiger charge is -2.13. The van der Waals surface area contributed by atoms with E-state index in [4.69, 9.17) is 4.74 Å². The van der Waals surface area contributed by atoms with Crippen molar-refractivity contribution in [3.63, 3.8) is 0 Å². The highest BCUT2D eigenvalue weighted by Crippen LogP contribution is 2.35. The number of nitrogens with one attached hydrogen (secondary N) is 2. The lowest BCUT2D eigenvalue weighted by atomic mass is 10.2. The Morgan fingerprint density at radius 2 is 1.89 bits per heavy atom. The van der Waals surface area contributed by atoms with Crippen LogP contribution in [0.15, 0.2) is 92.4 Å². The van der Waals surface area contributed by atoms with Gasteiger partial charge >= 0.3 is 5.76 Å². The smallest absolute Gasteiger partial charge is 0.439 e. The second-order valence-corrected chi connectivity index (χ2v) is 8.06. The fourth-order valence-electron chi connectivity index (χ4n) is 2.93. The summed E-state index contributed by atoms with van der Waals surface area (Å²) in [6.07, 6.45) is 4.78. The maximum atomic E-state index is 13.7. The zero-order valence-electron chi connectivity index (χ0n) is 17.6. The van der Waals surface area contributed by atoms with Gasteiger partial charge in [0.15, 0.2) is 29.0 Å². The van der Waals surface area contributed by atoms with Crippen LogP contribution in [0.1, 0.15) is 0 Å². The van der Waals surface area contributed by atoms with Crippen molar-refractivity contribution in [2.45, 2.75) is 9.92 Å². The minimum Gasteiger partial charge on any atom is -0.453 e. The molecule has 0 atom stereocenters. The van der Waals surface area contributed by atoms with E-state index in [-0.39, 0.29) is 23.1 Å². The normalized spacial score (nSPS) is 10.8. The predicted octanol–water partition coefficient (Wildman–Crippen LogP) is 5.18. The van der Waals surface area contributed by atoms with Crippen molar-refractivity contribution < 1.29 is 18.0 Å². The Hall–Kier alpha value is -4.58. The van der Waals surface area contributed by atoms with E-state index in [9.17, 15) is 13.6 Å². The molecule has 0 aliphatic heterocycles. The van der Waals surface area contributed by atoms with Crippen LogP contribution in [0.2, 0.25) is 0 Å². The molecule has 0 unspecified atom stereocenters. The van der Waals surface area contributed by atoms with Crippen molar-refractivity contribution in [3.8, 4) is 22.9 Å². The van der Waals surface area contributed by atoms with E-state index >= 15 is 0 Å². The molecule has 5 aromatic rings. The third kappa shape index (κ3) is 5.33. The van der Waals surface area contributed by atoms with Crippen LogP contribution in [0.25, 0.3) is 11.4 Å². The maximum absolute atomic E-state index is 13.7. The third-order valence-corrected chi connectivity index (χ3v) is 5.44. The average molecular weight is 492 g/mol. The number of ether oxygens (including phenoxy) is 1. The molecule has 35 heavy (non-hydrogen) atoms. The number of rotatable bonds is 7. The van der Waals surface area contributed by atoms with Gasteiger partial charge in [-0.1, -0.05) is 23.0 Å². The first kappa shape index (κ1) is 22.2. The summed E-state index contributed by atoms with van der Waals surface area (Å²) < 4.78 is 37.4. The number of benzene rings is 1. The van der Waals surface area contributed by atoms with E-state index in [1.165, 1.54) is 24.0 Å². The number of nitrogens with zero attached hydrogens (tertiary/aromatic N) is 4. The largest absolute Gasteiger partial charge is 0.453 e. The van der Waals surface area contributed by atoms with Crippen molar-refractivity contribution >= 4 is 23.4 Å². The maximum Gasteiger partial charge on any atom is 0.439 e. The standard InChI is InChI=1S/C23H14F2N6O3S/c24-16-6-5-14(9-17(16)25)33-18-10-15(35-20-3-1-2-8-26-20)12-28-22(18)29-19-7-4-13(11-27-19)21-30-23(32)34-31-21/h1-12H,(H,27,28,29)(H,30,31,32). The summed E-state index contributed by atoms with van der Waals surface area (Å²) >= 11 is 1.36. The number of halogens is 2. The highest BCUT2D eigenvalue weighted by molar-refractivity contribution is 7.99. The van der Waals surface area contributed by atoms with Gasteiger partial charge in [-0.05, 0) is 36.4 Å². The second kappa shape index (κ2) is 9.73. The van der Waals surface area contributed by atoms with E-state index in [0.29, 0.717) is 16.3 Å². The molecule has 0 fully saturated rings. The summed E-state index contributed by atoms with van der Waals surface area (Å²) in [5.74, 6) is -1.41. The number of pyridine rings is 3. The number of hydrogen-bond donors (Lipinski definition) is 2. The molecule has 0 bridgehead atoms. The first-order valence-electron chi connectivity index (χ1n) is 10.0. The summed E-state index contributed by atoms with van der Waals surface area (Å²) in [6, 6.07) is 13.8. The highest BCUT2D eigenvalue weighted by atomic mass is 32.2. The molecule has 0 aliphatic rings. The highest BCUT2D eigenvalue weighted by Gasteiger charge is 2.13. The van der Waals surface area contributed by atoms with E-state index in [1.807, 2.05) is 18.2 Å². The lowest BCUT2D eigenvalue weighted by Crippen LogP contribution is -2.00. The van der Waals surface area contributed by atoms with Gasteiger partial charge in [0.05, 0.1) is 0 Å². The Labute approximate surface area is 200 Å². The molecule has 5 rings (SSSR count). The minimum atomic E-state index is -1.04. The van der Waals surface area contributed by atoms with E-state index in [1.54, 1.807) is 30.6 Å². The van der Waals surface area contributed by atoms with Crippen molar-refractivity contribution in [2.24, 2.45) is 0 Å². The van der Waals surface area contributed by atoms with Gasteiger partial charge < -0.3 is 10.1 Å². The molecule has 0 amide bonds. The molecular weight excluding hydrogens is 478 g/mol. The Morgan fingerprint density at radius 1 is 0.971 bits per heavy atom. The molecule has 4 aromatic heterocycles. The zero-order chi connectivity index (χ0) is 24.2. The van der Waals surface area contributed by atoms with E-state index in [2.05, 4.69) is 34.9 Å². The molecule has 0 spiro atoms. The van der Waals surface area contributed by atoms with Gasteiger partial charge in [0, 0.05) is 41.2 Å². The number of hydrogen-bond acceptors (Lipinski definition) is 9.